The van der Waals surface area contributed by atoms with Crippen molar-refractivity contribution in [1.82, 2.24) is 4.90 Å². The summed E-state index contributed by atoms with van der Waals surface area (Å²) in [6.45, 7) is 2.43. The van der Waals surface area contributed by atoms with Gasteiger partial charge in [-0.2, -0.15) is 0 Å². The Morgan fingerprint density at radius 2 is 2.28 bits per heavy atom. The summed E-state index contributed by atoms with van der Waals surface area (Å²) in [6.07, 6.45) is 0. The highest BCUT2D eigenvalue weighted by atomic mass is 16.5. The molecule has 4 N–H and O–H groups in total. The van der Waals surface area contributed by atoms with Gasteiger partial charge in [0.1, 0.15) is 11.6 Å². The van der Waals surface area contributed by atoms with Crippen molar-refractivity contribution >= 4 is 17.6 Å². The van der Waals surface area contributed by atoms with Crippen LogP contribution in [0.3, 0.4) is 0 Å². The average Bonchev–Trinajstić information content (AvgIpc) is 2.35. The number of nitrogens with two attached hydrogens (primary N) is 1. The van der Waals surface area contributed by atoms with Crippen LogP contribution in [0.4, 0.5) is 10.5 Å². The summed E-state index contributed by atoms with van der Waals surface area (Å²) in [5, 5.41) is 9.93. The van der Waals surface area contributed by atoms with Gasteiger partial charge in [-0.1, -0.05) is 6.07 Å². The van der Waals surface area contributed by atoms with E-state index in [9.17, 15) is 4.79 Å². The number of hydrogen-bond acceptors (Lipinski definition) is 3. The number of anilines is 1. The van der Waals surface area contributed by atoms with Crippen LogP contribution in [0, 0.1) is 5.41 Å². The predicted molar refractivity (Wildman–Crippen MR) is 71.2 cm³/mol. The van der Waals surface area contributed by atoms with Crippen molar-refractivity contribution in [3.8, 4) is 5.75 Å². The number of carbonyl (C=O) groups is 1. The zero-order valence-corrected chi connectivity index (χ0v) is 10.6. The summed E-state index contributed by atoms with van der Waals surface area (Å²) >= 11 is 0. The van der Waals surface area contributed by atoms with Gasteiger partial charge in [0.25, 0.3) is 0 Å². The van der Waals surface area contributed by atoms with Crippen molar-refractivity contribution in [3.63, 3.8) is 0 Å². The van der Waals surface area contributed by atoms with Gasteiger partial charge in [-0.15, -0.1) is 0 Å². The Labute approximate surface area is 106 Å². The molecule has 0 atom stereocenters. The number of ether oxygens (including phenoxy) is 1. The lowest BCUT2D eigenvalue weighted by Gasteiger charge is -2.20. The van der Waals surface area contributed by atoms with Crippen LogP contribution in [0.2, 0.25) is 0 Å². The summed E-state index contributed by atoms with van der Waals surface area (Å²) in [6, 6.07) is 6.78. The van der Waals surface area contributed by atoms with Crippen molar-refractivity contribution in [2.45, 2.75) is 6.92 Å². The molecule has 1 aromatic rings. The highest BCUT2D eigenvalue weighted by molar-refractivity contribution is 5.92. The average molecular weight is 250 g/mol. The lowest BCUT2D eigenvalue weighted by molar-refractivity contribution is 0.221. The first-order valence-corrected chi connectivity index (χ1v) is 5.59. The summed E-state index contributed by atoms with van der Waals surface area (Å²) in [5.41, 5.74) is 5.93. The minimum Gasteiger partial charge on any atom is -0.497 e. The lowest BCUT2D eigenvalue weighted by Crippen LogP contribution is -2.40. The van der Waals surface area contributed by atoms with E-state index >= 15 is 0 Å². The van der Waals surface area contributed by atoms with E-state index < -0.39 is 0 Å². The second-order valence-electron chi connectivity index (χ2n) is 3.70. The maximum absolute atomic E-state index is 11.9. The molecule has 0 aliphatic heterocycles. The molecule has 6 nitrogen and oxygen atoms in total. The number of benzene rings is 1. The third-order valence-corrected chi connectivity index (χ3v) is 2.35. The molecule has 0 saturated carbocycles. The minimum atomic E-state index is -0.291. The largest absolute Gasteiger partial charge is 0.497 e. The van der Waals surface area contributed by atoms with Gasteiger partial charge in [0, 0.05) is 18.3 Å². The first kappa shape index (κ1) is 13.8. The molecule has 2 amide bonds. The smallest absolute Gasteiger partial charge is 0.322 e. The van der Waals surface area contributed by atoms with Gasteiger partial charge in [-0.3, -0.25) is 5.41 Å². The van der Waals surface area contributed by atoms with Crippen LogP contribution in [0.1, 0.15) is 6.92 Å². The van der Waals surface area contributed by atoms with E-state index in [1.54, 1.807) is 31.4 Å². The first-order chi connectivity index (χ1) is 8.56. The molecule has 1 aromatic carbocycles. The van der Waals surface area contributed by atoms with Crippen LogP contribution in [0.25, 0.3) is 0 Å². The molecule has 0 radical (unpaired) electrons. The van der Waals surface area contributed by atoms with Crippen LogP contribution < -0.4 is 15.8 Å². The molecular weight excluding hydrogens is 232 g/mol. The molecule has 18 heavy (non-hydrogen) atoms. The van der Waals surface area contributed by atoms with E-state index in [4.69, 9.17) is 15.9 Å². The van der Waals surface area contributed by atoms with Crippen LogP contribution in [0.15, 0.2) is 24.3 Å². The Morgan fingerprint density at radius 3 is 2.83 bits per heavy atom. The summed E-state index contributed by atoms with van der Waals surface area (Å²) < 4.78 is 5.07. The number of hydrogen-bond donors (Lipinski definition) is 3. The molecule has 0 saturated heterocycles. The molecule has 0 aliphatic rings. The fraction of sp³-hybridized carbons (Fsp3) is 0.333. The van der Waals surface area contributed by atoms with Crippen LogP contribution in [-0.4, -0.2) is 37.0 Å². The van der Waals surface area contributed by atoms with Crippen molar-refractivity contribution in [1.29, 1.82) is 5.41 Å². The highest BCUT2D eigenvalue weighted by Crippen LogP contribution is 2.16. The number of carbonyl (C=O) groups excluding carboxylic acids is 1. The zero-order valence-electron chi connectivity index (χ0n) is 10.6. The fourth-order valence-electron chi connectivity index (χ4n) is 1.44. The van der Waals surface area contributed by atoms with E-state index in [0.29, 0.717) is 18.0 Å². The van der Waals surface area contributed by atoms with Gasteiger partial charge >= 0.3 is 6.03 Å². The van der Waals surface area contributed by atoms with E-state index in [2.05, 4.69) is 5.32 Å². The number of urea groups is 1. The SMILES string of the molecule is CCN(CC(=N)N)C(=O)Nc1cccc(OC)c1. The quantitative estimate of drug-likeness (QED) is 0.546. The molecular formula is C12H18N4O2. The lowest BCUT2D eigenvalue weighted by atomic mass is 10.3. The minimum absolute atomic E-state index is 0.0438. The van der Waals surface area contributed by atoms with Gasteiger partial charge in [0.05, 0.1) is 13.7 Å². The standard InChI is InChI=1S/C12H18N4O2/c1-3-16(8-11(13)14)12(17)15-9-5-4-6-10(7-9)18-2/h4-7H,3,8H2,1-2H3,(H3,13,14)(H,15,17). The van der Waals surface area contributed by atoms with Crippen LogP contribution in [-0.2, 0) is 0 Å². The predicted octanol–water partition coefficient (Wildman–Crippen LogP) is 1.48. The molecule has 1 rings (SSSR count). The Bertz CT molecular complexity index is 434. The first-order valence-electron chi connectivity index (χ1n) is 5.59. The zero-order chi connectivity index (χ0) is 13.5. The van der Waals surface area contributed by atoms with Crippen LogP contribution >= 0.6 is 0 Å². The van der Waals surface area contributed by atoms with Gasteiger partial charge < -0.3 is 20.7 Å². The van der Waals surface area contributed by atoms with Gasteiger partial charge in [0.15, 0.2) is 0 Å². The molecule has 0 aromatic heterocycles. The summed E-state index contributed by atoms with van der Waals surface area (Å²) in [5.74, 6) is 0.625. The number of amides is 2. The van der Waals surface area contributed by atoms with E-state index in [0.717, 1.165) is 0 Å². The maximum atomic E-state index is 11.9. The number of likely N-dealkylation sites (N-methyl/N-ethyl adjacent to an activating group) is 1. The molecule has 6 heteroatoms. The topological polar surface area (TPSA) is 91.4 Å². The number of nitrogens with zero attached hydrogens (tertiary/aromatic N) is 1. The maximum Gasteiger partial charge on any atom is 0.322 e. The van der Waals surface area contributed by atoms with Crippen molar-refractivity contribution < 1.29 is 9.53 Å². The molecule has 0 fully saturated rings. The molecule has 98 valence electrons. The van der Waals surface area contributed by atoms with E-state index in [1.165, 1.54) is 4.90 Å². The fourth-order valence-corrected chi connectivity index (χ4v) is 1.44. The third-order valence-electron chi connectivity index (χ3n) is 2.35. The summed E-state index contributed by atoms with van der Waals surface area (Å²) in [7, 11) is 1.56. The molecule has 0 heterocycles. The number of amidine groups is 1. The Hall–Kier alpha value is -2.24. The molecule has 0 bridgehead atoms. The highest BCUT2D eigenvalue weighted by Gasteiger charge is 2.12. The second-order valence-corrected chi connectivity index (χ2v) is 3.70. The van der Waals surface area contributed by atoms with E-state index in [-0.39, 0.29) is 18.4 Å². The van der Waals surface area contributed by atoms with Gasteiger partial charge in [-0.25, -0.2) is 4.79 Å². The normalized spacial score (nSPS) is 9.67. The van der Waals surface area contributed by atoms with E-state index in [1.807, 2.05) is 6.92 Å². The second kappa shape index (κ2) is 6.48. The Balaban J connectivity index is 2.69. The van der Waals surface area contributed by atoms with Crippen LogP contribution in [0.5, 0.6) is 5.75 Å². The monoisotopic (exact) mass is 250 g/mol. The molecule has 0 unspecified atom stereocenters. The Kier molecular flexibility index (Phi) is 4.98. The van der Waals surface area contributed by atoms with Gasteiger partial charge in [0.2, 0.25) is 0 Å². The summed E-state index contributed by atoms with van der Waals surface area (Å²) in [4.78, 5) is 13.3. The third kappa shape index (κ3) is 3.97. The Morgan fingerprint density at radius 1 is 1.56 bits per heavy atom. The number of rotatable bonds is 5. The molecule has 0 spiro atoms. The van der Waals surface area contributed by atoms with Gasteiger partial charge in [-0.05, 0) is 19.1 Å². The van der Waals surface area contributed by atoms with Crippen molar-refractivity contribution in [3.05, 3.63) is 24.3 Å². The number of nitrogens with one attached hydrogen (secondary N) is 2. The van der Waals surface area contributed by atoms with Crippen molar-refractivity contribution in [2.24, 2.45) is 5.73 Å². The number of methoxy groups -OCH3 is 1. The van der Waals surface area contributed by atoms with Crippen molar-refractivity contribution in [2.75, 3.05) is 25.5 Å². The molecule has 0 aliphatic carbocycles.